The molecule has 6 heteroatoms. The van der Waals surface area contributed by atoms with Gasteiger partial charge in [-0.1, -0.05) is 345 Å². The van der Waals surface area contributed by atoms with Gasteiger partial charge in [-0.25, -0.2) is 0 Å². The predicted octanol–water partition coefficient (Wildman–Crippen LogP) is 23.9. The third kappa shape index (κ3) is 65.8. The third-order valence-electron chi connectivity index (χ3n) is 15.5. The van der Waals surface area contributed by atoms with Crippen LogP contribution < -0.4 is 0 Å². The molecule has 460 valence electrons. The Morgan fingerprint density at radius 1 is 0.266 bits per heavy atom. The summed E-state index contributed by atoms with van der Waals surface area (Å²) >= 11 is 0. The molecule has 0 aliphatic heterocycles. The topological polar surface area (TPSA) is 78.9 Å². The van der Waals surface area contributed by atoms with Crippen molar-refractivity contribution in [3.63, 3.8) is 0 Å². The summed E-state index contributed by atoms with van der Waals surface area (Å²) in [5.41, 5.74) is 0. The summed E-state index contributed by atoms with van der Waals surface area (Å²) in [6.45, 7) is 6.57. The van der Waals surface area contributed by atoms with Crippen LogP contribution in [0.4, 0.5) is 0 Å². The third-order valence-corrected chi connectivity index (χ3v) is 15.5. The van der Waals surface area contributed by atoms with E-state index in [1.54, 1.807) is 0 Å². The van der Waals surface area contributed by atoms with E-state index in [0.29, 0.717) is 19.3 Å². The van der Waals surface area contributed by atoms with Gasteiger partial charge in [0.1, 0.15) is 13.2 Å². The van der Waals surface area contributed by atoms with E-state index in [-0.39, 0.29) is 31.1 Å². The van der Waals surface area contributed by atoms with Crippen LogP contribution in [0.2, 0.25) is 0 Å². The maximum Gasteiger partial charge on any atom is 0.306 e. The lowest BCUT2D eigenvalue weighted by Crippen LogP contribution is -2.30. The van der Waals surface area contributed by atoms with Crippen LogP contribution in [0, 0.1) is 0 Å². The van der Waals surface area contributed by atoms with Gasteiger partial charge in [0.2, 0.25) is 0 Å². The maximum absolute atomic E-state index is 12.9. The van der Waals surface area contributed by atoms with Crippen LogP contribution in [0.25, 0.3) is 0 Å². The van der Waals surface area contributed by atoms with Crippen LogP contribution in [-0.4, -0.2) is 37.2 Å². The molecule has 0 aliphatic rings. The van der Waals surface area contributed by atoms with Gasteiger partial charge in [-0.05, 0) is 64.2 Å². The van der Waals surface area contributed by atoms with Crippen molar-refractivity contribution >= 4 is 17.9 Å². The second-order valence-corrected chi connectivity index (χ2v) is 23.4. The molecule has 1 unspecified atom stereocenters. The van der Waals surface area contributed by atoms with Crippen LogP contribution in [0.5, 0.6) is 0 Å². The minimum Gasteiger partial charge on any atom is -0.462 e. The van der Waals surface area contributed by atoms with Crippen LogP contribution >= 0.6 is 0 Å². The largest absolute Gasteiger partial charge is 0.462 e. The Hall–Kier alpha value is -2.89. The van der Waals surface area contributed by atoms with E-state index < -0.39 is 6.10 Å². The zero-order chi connectivity index (χ0) is 57.1. The smallest absolute Gasteiger partial charge is 0.306 e. The zero-order valence-corrected chi connectivity index (χ0v) is 52.9. The van der Waals surface area contributed by atoms with Crippen molar-refractivity contribution in [2.45, 2.75) is 374 Å². The Bertz CT molecular complexity index is 1410. The lowest BCUT2D eigenvalue weighted by atomic mass is 10.0. The SMILES string of the molecule is CC/C=C\C/C=C\C/C=C\C/C=C\C/C=C\CCCCCCCCCCCCCCCCCC(=O)OCC(COC(=O)CCCCCCCCCCC)OC(=O)CCCCCCCCCCCCCCCCCCCCCCC. The molecular weight excluding hydrogens is 973 g/mol. The van der Waals surface area contributed by atoms with Crippen molar-refractivity contribution < 1.29 is 28.6 Å². The van der Waals surface area contributed by atoms with Crippen LogP contribution in [0.3, 0.4) is 0 Å². The van der Waals surface area contributed by atoms with Crippen molar-refractivity contribution in [3.05, 3.63) is 60.8 Å². The Balaban J connectivity index is 4.10. The molecule has 0 aliphatic carbocycles. The van der Waals surface area contributed by atoms with E-state index in [1.807, 2.05) is 0 Å². The minimum absolute atomic E-state index is 0.0674. The molecule has 0 fully saturated rings. The van der Waals surface area contributed by atoms with Crippen LogP contribution in [-0.2, 0) is 28.6 Å². The Labute approximate surface area is 491 Å². The van der Waals surface area contributed by atoms with E-state index >= 15 is 0 Å². The van der Waals surface area contributed by atoms with Gasteiger partial charge < -0.3 is 14.2 Å². The number of carbonyl (C=O) groups is 3. The molecule has 1 atom stereocenters. The standard InChI is InChI=1S/C73H132O6/c1-4-7-10-13-16-19-21-23-25-27-29-31-32-33-34-35-36-37-38-39-40-42-43-45-47-49-51-54-57-60-63-66-72(75)78-69-70(68-77-71(74)65-62-59-56-53-18-15-12-9-6-3)79-73(76)67-64-61-58-55-52-50-48-46-44-41-30-28-26-24-22-20-17-14-11-8-5-2/h7,10,16,19,23,25,29,31,33-34,70H,4-6,8-9,11-15,17-18,20-22,24,26-28,30,32,35-69H2,1-3H3/b10-7-,19-16-,25-23-,31-29-,34-33-. The van der Waals surface area contributed by atoms with Crippen LogP contribution in [0.1, 0.15) is 367 Å². The number of ether oxygens (including phenoxy) is 3. The second kappa shape index (κ2) is 67.6. The summed E-state index contributed by atoms with van der Waals surface area (Å²) in [7, 11) is 0. The molecule has 0 aromatic heterocycles. The predicted molar refractivity (Wildman–Crippen MR) is 344 cm³/mol. The summed E-state index contributed by atoms with van der Waals surface area (Å²) in [6.07, 6.45) is 86.9. The van der Waals surface area contributed by atoms with Gasteiger partial charge in [-0.15, -0.1) is 0 Å². The quantitative estimate of drug-likeness (QED) is 0.0261. The van der Waals surface area contributed by atoms with Crippen LogP contribution in [0.15, 0.2) is 60.8 Å². The van der Waals surface area contributed by atoms with Gasteiger partial charge in [0.05, 0.1) is 0 Å². The Morgan fingerprint density at radius 3 is 0.772 bits per heavy atom. The number of carbonyl (C=O) groups excluding carboxylic acids is 3. The fourth-order valence-corrected chi connectivity index (χ4v) is 10.4. The first-order valence-electron chi connectivity index (χ1n) is 34.8. The molecule has 0 saturated carbocycles. The molecule has 0 amide bonds. The molecule has 0 aromatic carbocycles. The second-order valence-electron chi connectivity index (χ2n) is 23.4. The lowest BCUT2D eigenvalue weighted by Gasteiger charge is -2.18. The van der Waals surface area contributed by atoms with Crippen molar-refractivity contribution in [1.29, 1.82) is 0 Å². The molecule has 79 heavy (non-hydrogen) atoms. The van der Waals surface area contributed by atoms with E-state index in [1.165, 1.54) is 238 Å². The van der Waals surface area contributed by atoms with E-state index in [0.717, 1.165) is 89.9 Å². The molecule has 0 saturated heterocycles. The fourth-order valence-electron chi connectivity index (χ4n) is 10.4. The van der Waals surface area contributed by atoms with Crippen molar-refractivity contribution in [2.75, 3.05) is 13.2 Å². The molecule has 0 spiro atoms. The van der Waals surface area contributed by atoms with E-state index in [2.05, 4.69) is 81.5 Å². The average Bonchev–Trinajstić information content (AvgIpc) is 3.45. The number of allylic oxidation sites excluding steroid dienone is 10. The van der Waals surface area contributed by atoms with Crippen molar-refractivity contribution in [2.24, 2.45) is 0 Å². The zero-order valence-electron chi connectivity index (χ0n) is 52.9. The fraction of sp³-hybridized carbons (Fsp3) is 0.822. The van der Waals surface area contributed by atoms with Gasteiger partial charge >= 0.3 is 17.9 Å². The molecule has 0 bridgehead atoms. The lowest BCUT2D eigenvalue weighted by molar-refractivity contribution is -0.167. The number of unbranched alkanes of at least 4 members (excludes halogenated alkanes) is 43. The number of hydrogen-bond donors (Lipinski definition) is 0. The molecule has 0 radical (unpaired) electrons. The average molecular weight is 1110 g/mol. The minimum atomic E-state index is -0.769. The van der Waals surface area contributed by atoms with Gasteiger partial charge in [0.15, 0.2) is 6.10 Å². The van der Waals surface area contributed by atoms with Crippen molar-refractivity contribution in [1.82, 2.24) is 0 Å². The first-order valence-corrected chi connectivity index (χ1v) is 34.8. The monoisotopic (exact) mass is 1110 g/mol. The number of esters is 3. The van der Waals surface area contributed by atoms with E-state index in [9.17, 15) is 14.4 Å². The summed E-state index contributed by atoms with van der Waals surface area (Å²) in [5, 5.41) is 0. The molecule has 0 rings (SSSR count). The van der Waals surface area contributed by atoms with Gasteiger partial charge in [-0.2, -0.15) is 0 Å². The molecule has 6 nitrogen and oxygen atoms in total. The molecule has 0 aromatic rings. The molecule has 0 N–H and O–H groups in total. The number of hydrogen-bond acceptors (Lipinski definition) is 6. The van der Waals surface area contributed by atoms with Gasteiger partial charge in [0, 0.05) is 19.3 Å². The number of rotatable bonds is 64. The Kier molecular flexibility index (Phi) is 65.1. The highest BCUT2D eigenvalue weighted by Crippen LogP contribution is 2.18. The Morgan fingerprint density at radius 2 is 0.494 bits per heavy atom. The first-order chi connectivity index (χ1) is 39.0. The normalized spacial score (nSPS) is 12.4. The first kappa shape index (κ1) is 76.1. The van der Waals surface area contributed by atoms with E-state index in [4.69, 9.17) is 14.2 Å². The van der Waals surface area contributed by atoms with Gasteiger partial charge in [0.25, 0.3) is 0 Å². The highest BCUT2D eigenvalue weighted by atomic mass is 16.6. The summed E-state index contributed by atoms with van der Waals surface area (Å²) in [5.74, 6) is -0.846. The maximum atomic E-state index is 12.9. The molecule has 0 heterocycles. The summed E-state index contributed by atoms with van der Waals surface area (Å²) in [6, 6.07) is 0. The highest BCUT2D eigenvalue weighted by molar-refractivity contribution is 5.71. The summed E-state index contributed by atoms with van der Waals surface area (Å²) < 4.78 is 16.9. The van der Waals surface area contributed by atoms with Crippen molar-refractivity contribution in [3.8, 4) is 0 Å². The van der Waals surface area contributed by atoms with Gasteiger partial charge in [-0.3, -0.25) is 14.4 Å². The highest BCUT2D eigenvalue weighted by Gasteiger charge is 2.19. The molecular formula is C73H132O6. The summed E-state index contributed by atoms with van der Waals surface area (Å²) in [4.78, 5) is 38.3.